The maximum Gasteiger partial charge on any atom is 0.189 e. The fraction of sp³-hybridized carbons (Fsp3) is 0.591. The lowest BCUT2D eigenvalue weighted by molar-refractivity contribution is 0.205. The molecule has 1 atom stereocenters. The van der Waals surface area contributed by atoms with Crippen LogP contribution in [0.5, 0.6) is 0 Å². The normalized spacial score (nSPS) is 20.2. The van der Waals surface area contributed by atoms with E-state index in [0.717, 1.165) is 62.2 Å². The highest BCUT2D eigenvalue weighted by atomic mass is 32.2. The fourth-order valence-corrected chi connectivity index (χ4v) is 4.84. The van der Waals surface area contributed by atoms with Gasteiger partial charge in [-0.2, -0.15) is 0 Å². The summed E-state index contributed by atoms with van der Waals surface area (Å²) in [6.07, 6.45) is 7.51. The summed E-state index contributed by atoms with van der Waals surface area (Å²) >= 11 is 1.63. The van der Waals surface area contributed by atoms with Crippen molar-refractivity contribution >= 4 is 17.6 Å². The minimum Gasteiger partial charge on any atom is -0.354 e. The number of likely N-dealkylation sites (N-methyl/N-ethyl adjacent to an activating group) is 1. The van der Waals surface area contributed by atoms with Crippen LogP contribution in [-0.2, 0) is 13.0 Å². The van der Waals surface area contributed by atoms with Crippen molar-refractivity contribution in [1.82, 2.24) is 24.8 Å². The second-order valence-corrected chi connectivity index (χ2v) is 9.04. The van der Waals surface area contributed by atoms with Crippen LogP contribution in [0.25, 0.3) is 0 Å². The molecular weight excluding hydrogens is 380 g/mol. The number of aryl methyl sites for hydroxylation is 1. The molecule has 29 heavy (non-hydrogen) atoms. The van der Waals surface area contributed by atoms with Crippen LogP contribution < -0.4 is 4.90 Å². The zero-order valence-electron chi connectivity index (χ0n) is 18.1. The summed E-state index contributed by atoms with van der Waals surface area (Å²) < 4.78 is 0. The quantitative estimate of drug-likeness (QED) is 0.552. The second kappa shape index (κ2) is 8.98. The first kappa shape index (κ1) is 20.6. The van der Waals surface area contributed by atoms with E-state index >= 15 is 0 Å². The van der Waals surface area contributed by atoms with Crippen LogP contribution in [-0.4, -0.2) is 71.3 Å². The third kappa shape index (κ3) is 4.42. The van der Waals surface area contributed by atoms with Crippen LogP contribution in [0.2, 0.25) is 0 Å². The van der Waals surface area contributed by atoms with Crippen LogP contribution in [0.1, 0.15) is 41.4 Å². The smallest absolute Gasteiger partial charge is 0.189 e. The molecule has 1 unspecified atom stereocenters. The highest BCUT2D eigenvalue weighted by Crippen LogP contribution is 2.33. The van der Waals surface area contributed by atoms with Gasteiger partial charge in [-0.05, 0) is 58.2 Å². The molecule has 0 radical (unpaired) electrons. The van der Waals surface area contributed by atoms with Gasteiger partial charge in [0.05, 0.1) is 17.4 Å². The predicted octanol–water partition coefficient (Wildman–Crippen LogP) is 3.16. The van der Waals surface area contributed by atoms with Gasteiger partial charge in [0.2, 0.25) is 0 Å². The van der Waals surface area contributed by atoms with Crippen molar-refractivity contribution in [3.63, 3.8) is 0 Å². The molecule has 3 heterocycles. The van der Waals surface area contributed by atoms with Crippen LogP contribution in [0.4, 0.5) is 5.82 Å². The Hall–Kier alpha value is -1.70. The highest BCUT2D eigenvalue weighted by Gasteiger charge is 2.27. The third-order valence-corrected chi connectivity index (χ3v) is 6.83. The first-order valence-electron chi connectivity index (χ1n) is 10.6. The number of thioether (sulfide) groups is 1. The lowest BCUT2D eigenvalue weighted by Gasteiger charge is -2.35. The average molecular weight is 413 g/mol. The fourth-order valence-electron chi connectivity index (χ4n) is 4.46. The minimum atomic E-state index is 0.360. The maximum atomic E-state index is 4.90. The number of rotatable bonds is 5. The van der Waals surface area contributed by atoms with Gasteiger partial charge in [-0.25, -0.2) is 9.97 Å². The molecule has 2 aromatic heterocycles. The molecule has 0 amide bonds. The summed E-state index contributed by atoms with van der Waals surface area (Å²) in [6.45, 7) is 7.22. The summed E-state index contributed by atoms with van der Waals surface area (Å²) in [5.74, 6) is 1.11. The van der Waals surface area contributed by atoms with Crippen LogP contribution >= 0.6 is 11.8 Å². The molecule has 0 bridgehead atoms. The Morgan fingerprint density at radius 2 is 2.00 bits per heavy atom. The molecule has 156 valence electrons. The summed E-state index contributed by atoms with van der Waals surface area (Å²) in [6, 6.07) is 4.65. The number of pyridine rings is 1. The molecule has 0 spiro atoms. The van der Waals surface area contributed by atoms with E-state index in [4.69, 9.17) is 15.0 Å². The topological polar surface area (TPSA) is 48.4 Å². The molecule has 2 aliphatic rings. The number of nitrogens with zero attached hydrogens (tertiary/aromatic N) is 6. The first-order valence-corrected chi connectivity index (χ1v) is 11.8. The number of fused-ring (bicyclic) bond motifs is 1. The Morgan fingerprint density at radius 1 is 1.21 bits per heavy atom. The van der Waals surface area contributed by atoms with Crippen molar-refractivity contribution in [2.24, 2.45) is 0 Å². The Labute approximate surface area is 178 Å². The first-order chi connectivity index (χ1) is 14.1. The second-order valence-electron chi connectivity index (χ2n) is 8.27. The molecule has 1 aliphatic heterocycles. The molecule has 4 rings (SSSR count). The number of piperazine rings is 1. The van der Waals surface area contributed by atoms with Crippen LogP contribution in [0, 0.1) is 6.92 Å². The van der Waals surface area contributed by atoms with E-state index in [1.807, 2.05) is 6.20 Å². The van der Waals surface area contributed by atoms with Gasteiger partial charge in [-0.3, -0.25) is 9.88 Å². The summed E-state index contributed by atoms with van der Waals surface area (Å²) in [7, 11) is 4.40. The lowest BCUT2D eigenvalue weighted by Crippen LogP contribution is -2.45. The van der Waals surface area contributed by atoms with Crippen LogP contribution in [0.15, 0.2) is 23.5 Å². The van der Waals surface area contributed by atoms with E-state index in [2.05, 4.69) is 54.1 Å². The number of hydrogen-bond acceptors (Lipinski definition) is 7. The summed E-state index contributed by atoms with van der Waals surface area (Å²) in [5.41, 5.74) is 5.01. The average Bonchev–Trinajstić information content (AvgIpc) is 2.75. The number of anilines is 1. The Balaban J connectivity index is 1.59. The molecular formula is C22H32N6S. The zero-order valence-corrected chi connectivity index (χ0v) is 18.9. The molecule has 0 saturated carbocycles. The molecule has 1 aliphatic carbocycles. The van der Waals surface area contributed by atoms with E-state index in [1.165, 1.54) is 23.2 Å². The summed E-state index contributed by atoms with van der Waals surface area (Å²) in [5, 5.41) is 0.870. The molecule has 1 fully saturated rings. The van der Waals surface area contributed by atoms with Crippen molar-refractivity contribution in [3.8, 4) is 0 Å². The summed E-state index contributed by atoms with van der Waals surface area (Å²) in [4.78, 5) is 21.8. The SMILES string of the molecule is CSc1nc(CN(C)C2CCCc3cccnc32)c(C)c(N2CCN(C)CC2)n1. The van der Waals surface area contributed by atoms with Gasteiger partial charge in [-0.15, -0.1) is 0 Å². The molecule has 7 heteroatoms. The Kier molecular flexibility index (Phi) is 6.37. The lowest BCUT2D eigenvalue weighted by atomic mass is 9.91. The van der Waals surface area contributed by atoms with E-state index in [0.29, 0.717) is 6.04 Å². The van der Waals surface area contributed by atoms with E-state index < -0.39 is 0 Å². The predicted molar refractivity (Wildman–Crippen MR) is 120 cm³/mol. The van der Waals surface area contributed by atoms with Crippen molar-refractivity contribution < 1.29 is 0 Å². The molecule has 0 aromatic carbocycles. The standard InChI is InChI=1S/C22H32N6S/c1-16-18(15-27(3)19-9-5-7-17-8-6-10-23-20(17)19)24-22(29-4)25-21(16)28-13-11-26(2)12-14-28/h6,8,10,19H,5,7,9,11-15H2,1-4H3. The largest absolute Gasteiger partial charge is 0.354 e. The van der Waals surface area contributed by atoms with E-state index in [-0.39, 0.29) is 0 Å². The Bertz CT molecular complexity index is 849. The molecule has 1 saturated heterocycles. The van der Waals surface area contributed by atoms with Crippen LogP contribution in [0.3, 0.4) is 0 Å². The number of aromatic nitrogens is 3. The molecule has 6 nitrogen and oxygen atoms in total. The maximum absolute atomic E-state index is 4.90. The van der Waals surface area contributed by atoms with Crippen molar-refractivity contribution in [2.75, 3.05) is 51.4 Å². The van der Waals surface area contributed by atoms with Crippen molar-refractivity contribution in [2.45, 2.75) is 43.9 Å². The van der Waals surface area contributed by atoms with Gasteiger partial charge in [-0.1, -0.05) is 17.8 Å². The van der Waals surface area contributed by atoms with Gasteiger partial charge in [0.25, 0.3) is 0 Å². The van der Waals surface area contributed by atoms with Gasteiger partial charge >= 0.3 is 0 Å². The van der Waals surface area contributed by atoms with Crippen molar-refractivity contribution in [3.05, 3.63) is 40.8 Å². The van der Waals surface area contributed by atoms with Gasteiger partial charge < -0.3 is 9.80 Å². The highest BCUT2D eigenvalue weighted by molar-refractivity contribution is 7.98. The Morgan fingerprint density at radius 3 is 2.76 bits per heavy atom. The third-order valence-electron chi connectivity index (χ3n) is 6.28. The van der Waals surface area contributed by atoms with Gasteiger partial charge in [0.15, 0.2) is 5.16 Å². The van der Waals surface area contributed by atoms with E-state index in [9.17, 15) is 0 Å². The number of hydrogen-bond donors (Lipinski definition) is 0. The van der Waals surface area contributed by atoms with E-state index in [1.54, 1.807) is 11.8 Å². The van der Waals surface area contributed by atoms with Gasteiger partial charge in [0.1, 0.15) is 5.82 Å². The minimum absolute atomic E-state index is 0.360. The molecule has 0 N–H and O–H groups in total. The van der Waals surface area contributed by atoms with Crippen molar-refractivity contribution in [1.29, 1.82) is 0 Å². The zero-order chi connectivity index (χ0) is 20.4. The molecule has 2 aromatic rings. The van der Waals surface area contributed by atoms with Gasteiger partial charge in [0, 0.05) is 44.5 Å². The monoisotopic (exact) mass is 412 g/mol.